The van der Waals surface area contributed by atoms with Crippen molar-refractivity contribution in [2.45, 2.75) is 25.9 Å². The van der Waals surface area contributed by atoms with E-state index in [9.17, 15) is 9.59 Å². The van der Waals surface area contributed by atoms with E-state index >= 15 is 0 Å². The number of ether oxygens (including phenoxy) is 1. The van der Waals surface area contributed by atoms with E-state index in [-0.39, 0.29) is 17.9 Å². The van der Waals surface area contributed by atoms with Gasteiger partial charge in [-0.15, -0.1) is 0 Å². The van der Waals surface area contributed by atoms with Crippen LogP contribution < -0.4 is 5.32 Å². The van der Waals surface area contributed by atoms with E-state index in [1.165, 1.54) is 7.11 Å². The number of hydrogen-bond acceptors (Lipinski definition) is 3. The molecule has 1 heterocycles. The normalized spacial score (nSPS) is 11.8. The Morgan fingerprint density at radius 1 is 1.00 bits per heavy atom. The number of benzene rings is 3. The van der Waals surface area contributed by atoms with Crippen molar-refractivity contribution in [1.29, 1.82) is 0 Å². The lowest BCUT2D eigenvalue weighted by Gasteiger charge is -2.19. The van der Waals surface area contributed by atoms with Crippen molar-refractivity contribution < 1.29 is 14.3 Å². The Kier molecular flexibility index (Phi) is 6.80. The maximum Gasteiger partial charge on any atom is 0.337 e. The number of methoxy groups -OCH3 is 1. The van der Waals surface area contributed by atoms with E-state index in [1.807, 2.05) is 73.8 Å². The molecule has 0 aliphatic rings. The fraction of sp³-hybridized carbons (Fsp3) is 0.185. The maximum absolute atomic E-state index is 13.4. The molecule has 0 bridgehead atoms. The second kappa shape index (κ2) is 9.92. The number of aromatic nitrogens is 1. The Hall–Kier alpha value is -3.57. The second-order valence-corrected chi connectivity index (χ2v) is 8.30. The van der Waals surface area contributed by atoms with Gasteiger partial charge in [0, 0.05) is 23.2 Å². The standard InChI is InChI=1S/C27H25ClN2O3/c1-3-24(19-9-11-21(12-10-19)27(32)33-2)29-26(31)23-6-4-5-20-15-16-30(25(20)23)17-18-7-13-22(28)14-8-18/h4-16,24H,3,17H2,1-2H3,(H,29,31). The summed E-state index contributed by atoms with van der Waals surface area (Å²) in [6.07, 6.45) is 2.71. The number of nitrogens with one attached hydrogen (secondary N) is 1. The molecule has 0 spiro atoms. The molecule has 0 aliphatic carbocycles. The van der Waals surface area contributed by atoms with Crippen molar-refractivity contribution in [1.82, 2.24) is 9.88 Å². The van der Waals surface area contributed by atoms with Crippen LogP contribution in [0.25, 0.3) is 10.9 Å². The number of esters is 1. The van der Waals surface area contributed by atoms with Crippen LogP contribution in [0.4, 0.5) is 0 Å². The molecule has 0 fully saturated rings. The molecule has 1 atom stereocenters. The van der Waals surface area contributed by atoms with Gasteiger partial charge in [0.25, 0.3) is 5.91 Å². The van der Waals surface area contributed by atoms with Crippen molar-refractivity contribution >= 4 is 34.4 Å². The maximum atomic E-state index is 13.4. The Morgan fingerprint density at radius 2 is 1.73 bits per heavy atom. The molecule has 4 aromatic rings. The van der Waals surface area contributed by atoms with Crippen LogP contribution in [0.1, 0.15) is 51.2 Å². The first-order valence-corrected chi connectivity index (χ1v) is 11.2. The van der Waals surface area contributed by atoms with E-state index in [0.29, 0.717) is 29.1 Å². The number of para-hydroxylation sites is 1. The lowest BCUT2D eigenvalue weighted by molar-refractivity contribution is 0.0600. The van der Waals surface area contributed by atoms with Crippen molar-refractivity contribution in [3.63, 3.8) is 0 Å². The molecule has 4 rings (SSSR count). The first-order chi connectivity index (χ1) is 16.0. The van der Waals surface area contributed by atoms with Crippen LogP contribution in [0.3, 0.4) is 0 Å². The van der Waals surface area contributed by atoms with Crippen LogP contribution in [0.5, 0.6) is 0 Å². The van der Waals surface area contributed by atoms with Crippen LogP contribution in [-0.4, -0.2) is 23.6 Å². The highest BCUT2D eigenvalue weighted by Crippen LogP contribution is 2.24. The van der Waals surface area contributed by atoms with E-state index in [1.54, 1.807) is 12.1 Å². The number of rotatable bonds is 7. The fourth-order valence-electron chi connectivity index (χ4n) is 3.99. The molecule has 1 unspecified atom stereocenters. The number of carbonyl (C=O) groups excluding carboxylic acids is 2. The first-order valence-electron chi connectivity index (χ1n) is 10.8. The molecular formula is C27H25ClN2O3. The molecule has 3 aromatic carbocycles. The van der Waals surface area contributed by atoms with E-state index in [2.05, 4.69) is 9.88 Å². The minimum atomic E-state index is -0.383. The van der Waals surface area contributed by atoms with Crippen LogP contribution in [-0.2, 0) is 11.3 Å². The number of halogens is 1. The van der Waals surface area contributed by atoms with Crippen molar-refractivity contribution in [3.05, 3.63) is 106 Å². The second-order valence-electron chi connectivity index (χ2n) is 7.86. The molecule has 0 radical (unpaired) electrons. The molecule has 6 heteroatoms. The Bertz CT molecular complexity index is 1280. The Labute approximate surface area is 197 Å². The summed E-state index contributed by atoms with van der Waals surface area (Å²) in [5.41, 5.74) is 4.02. The van der Waals surface area contributed by atoms with Gasteiger partial charge in [0.15, 0.2) is 0 Å². The summed E-state index contributed by atoms with van der Waals surface area (Å²) >= 11 is 6.02. The number of nitrogens with zero attached hydrogens (tertiary/aromatic N) is 1. The summed E-state index contributed by atoms with van der Waals surface area (Å²) in [6, 6.07) is 22.4. The summed E-state index contributed by atoms with van der Waals surface area (Å²) in [5.74, 6) is -0.521. The third kappa shape index (κ3) is 4.94. The first kappa shape index (κ1) is 22.6. The molecule has 33 heavy (non-hydrogen) atoms. The summed E-state index contributed by atoms with van der Waals surface area (Å²) in [5, 5.41) is 4.86. The molecule has 0 aliphatic heterocycles. The largest absolute Gasteiger partial charge is 0.465 e. The predicted molar refractivity (Wildman–Crippen MR) is 131 cm³/mol. The van der Waals surface area contributed by atoms with E-state index < -0.39 is 0 Å². The summed E-state index contributed by atoms with van der Waals surface area (Å²) in [4.78, 5) is 25.1. The van der Waals surface area contributed by atoms with Gasteiger partial charge in [-0.3, -0.25) is 4.79 Å². The zero-order chi connectivity index (χ0) is 23.4. The summed E-state index contributed by atoms with van der Waals surface area (Å²) in [6.45, 7) is 2.65. The van der Waals surface area contributed by atoms with Gasteiger partial charge < -0.3 is 14.6 Å². The lowest BCUT2D eigenvalue weighted by Crippen LogP contribution is -2.28. The van der Waals surface area contributed by atoms with Crippen molar-refractivity contribution in [3.8, 4) is 0 Å². The molecule has 1 aromatic heterocycles. The predicted octanol–water partition coefficient (Wildman–Crippen LogP) is 6.01. The highest BCUT2D eigenvalue weighted by molar-refractivity contribution is 6.30. The highest BCUT2D eigenvalue weighted by Gasteiger charge is 2.18. The number of fused-ring (bicyclic) bond motifs is 1. The fourth-order valence-corrected chi connectivity index (χ4v) is 4.12. The number of amides is 1. The highest BCUT2D eigenvalue weighted by atomic mass is 35.5. The van der Waals surface area contributed by atoms with Gasteiger partial charge in [0.2, 0.25) is 0 Å². The SMILES string of the molecule is CCC(NC(=O)c1cccc2ccn(Cc3ccc(Cl)cc3)c12)c1ccc(C(=O)OC)cc1. The molecular weight excluding hydrogens is 436 g/mol. The average Bonchev–Trinajstić information content (AvgIpc) is 3.26. The zero-order valence-corrected chi connectivity index (χ0v) is 19.3. The Morgan fingerprint density at radius 3 is 2.39 bits per heavy atom. The molecule has 0 saturated heterocycles. The minimum Gasteiger partial charge on any atom is -0.465 e. The van der Waals surface area contributed by atoms with Crippen molar-refractivity contribution in [2.75, 3.05) is 7.11 Å². The van der Waals surface area contributed by atoms with Crippen LogP contribution in [0.2, 0.25) is 5.02 Å². The van der Waals surface area contributed by atoms with Gasteiger partial charge in [-0.2, -0.15) is 0 Å². The monoisotopic (exact) mass is 460 g/mol. The van der Waals surface area contributed by atoms with Gasteiger partial charge in [-0.1, -0.05) is 54.9 Å². The third-order valence-corrected chi connectivity index (χ3v) is 6.00. The van der Waals surface area contributed by atoms with Crippen LogP contribution in [0.15, 0.2) is 79.0 Å². The summed E-state index contributed by atoms with van der Waals surface area (Å²) in [7, 11) is 1.36. The van der Waals surface area contributed by atoms with Gasteiger partial charge >= 0.3 is 5.97 Å². The van der Waals surface area contributed by atoms with E-state index in [0.717, 1.165) is 22.0 Å². The smallest absolute Gasteiger partial charge is 0.337 e. The Balaban J connectivity index is 1.60. The number of carbonyl (C=O) groups is 2. The molecule has 1 N–H and O–H groups in total. The van der Waals surface area contributed by atoms with Gasteiger partial charge in [-0.25, -0.2) is 4.79 Å². The molecule has 0 saturated carbocycles. The van der Waals surface area contributed by atoms with Crippen LogP contribution >= 0.6 is 11.6 Å². The molecule has 1 amide bonds. The topological polar surface area (TPSA) is 60.3 Å². The average molecular weight is 461 g/mol. The van der Waals surface area contributed by atoms with Gasteiger partial charge in [0.05, 0.1) is 29.8 Å². The van der Waals surface area contributed by atoms with Gasteiger partial charge in [-0.05, 0) is 53.9 Å². The lowest BCUT2D eigenvalue weighted by atomic mass is 10.0. The van der Waals surface area contributed by atoms with Crippen LogP contribution in [0, 0.1) is 0 Å². The van der Waals surface area contributed by atoms with Gasteiger partial charge in [0.1, 0.15) is 0 Å². The molecule has 168 valence electrons. The third-order valence-electron chi connectivity index (χ3n) is 5.75. The number of hydrogen-bond donors (Lipinski definition) is 1. The summed E-state index contributed by atoms with van der Waals surface area (Å²) < 4.78 is 6.84. The van der Waals surface area contributed by atoms with Crippen molar-refractivity contribution in [2.24, 2.45) is 0 Å². The zero-order valence-electron chi connectivity index (χ0n) is 18.5. The minimum absolute atomic E-state index is 0.138. The van der Waals surface area contributed by atoms with E-state index in [4.69, 9.17) is 16.3 Å². The molecule has 5 nitrogen and oxygen atoms in total. The quantitative estimate of drug-likeness (QED) is 0.343.